The monoisotopic (exact) mass is 536 g/mol. The predicted molar refractivity (Wildman–Crippen MR) is 131 cm³/mol. The van der Waals surface area contributed by atoms with E-state index in [1.807, 2.05) is 34.6 Å². The highest BCUT2D eigenvalue weighted by Gasteiger charge is 2.30. The Kier molecular flexibility index (Phi) is 11.9. The largest absolute Gasteiger partial charge is 0.508 e. The zero-order valence-electron chi connectivity index (χ0n) is 19.1. The Bertz CT molecular complexity index is 701. The van der Waals surface area contributed by atoms with Gasteiger partial charge in [-0.25, -0.2) is 4.79 Å². The van der Waals surface area contributed by atoms with Crippen LogP contribution in [0, 0.1) is 0 Å². The lowest BCUT2D eigenvalue weighted by molar-refractivity contribution is 0.0448. The minimum Gasteiger partial charge on any atom is -0.508 e. The summed E-state index contributed by atoms with van der Waals surface area (Å²) in [7, 11) is 3.25. The minimum atomic E-state index is -0.554. The molecule has 0 saturated heterocycles. The molecule has 1 aromatic carbocycles. The van der Waals surface area contributed by atoms with E-state index in [-0.39, 0.29) is 29.7 Å². The number of carbonyl (C=O) groups is 1. The van der Waals surface area contributed by atoms with E-state index in [1.54, 1.807) is 32.4 Å². The minimum absolute atomic E-state index is 0. The Balaban J connectivity index is 0.00000841. The first-order valence-electron chi connectivity index (χ1n) is 9.89. The highest BCUT2D eigenvalue weighted by atomic mass is 127. The number of nitrogens with zero attached hydrogens (tertiary/aromatic N) is 1. The van der Waals surface area contributed by atoms with Crippen molar-refractivity contribution >= 4 is 36.0 Å². The zero-order chi connectivity index (χ0) is 22.1. The summed E-state index contributed by atoms with van der Waals surface area (Å²) in [6.45, 7) is 10.4. The molecule has 1 rings (SSSR count). The summed E-state index contributed by atoms with van der Waals surface area (Å²) in [5.74, 6) is 1.40. The molecule has 0 aromatic heterocycles. The SMILES string of the molecule is CCC(CC)(CNC(=NC)NCc1cc(OC)ccc1O)NC(=O)OC(C)(C)C.I. The van der Waals surface area contributed by atoms with Gasteiger partial charge in [-0.1, -0.05) is 13.8 Å². The van der Waals surface area contributed by atoms with E-state index in [2.05, 4.69) is 20.9 Å². The molecule has 30 heavy (non-hydrogen) atoms. The predicted octanol–water partition coefficient (Wildman–Crippen LogP) is 3.77. The van der Waals surface area contributed by atoms with E-state index in [0.29, 0.717) is 30.4 Å². The first-order valence-corrected chi connectivity index (χ1v) is 9.89. The molecule has 0 aliphatic rings. The van der Waals surface area contributed by atoms with Crippen molar-refractivity contribution in [1.82, 2.24) is 16.0 Å². The molecule has 0 heterocycles. The van der Waals surface area contributed by atoms with Crippen molar-refractivity contribution in [1.29, 1.82) is 0 Å². The number of methoxy groups -OCH3 is 1. The highest BCUT2D eigenvalue weighted by Crippen LogP contribution is 2.22. The van der Waals surface area contributed by atoms with Crippen LogP contribution in [-0.4, -0.2) is 49.0 Å². The van der Waals surface area contributed by atoms with Crippen LogP contribution in [0.3, 0.4) is 0 Å². The number of phenols is 1. The lowest BCUT2D eigenvalue weighted by Gasteiger charge is -2.34. The molecule has 0 aliphatic heterocycles. The van der Waals surface area contributed by atoms with E-state index in [4.69, 9.17) is 9.47 Å². The Morgan fingerprint density at radius 1 is 1.17 bits per heavy atom. The van der Waals surface area contributed by atoms with Crippen molar-refractivity contribution in [3.63, 3.8) is 0 Å². The van der Waals surface area contributed by atoms with E-state index >= 15 is 0 Å². The number of amides is 1. The number of ether oxygens (including phenoxy) is 2. The van der Waals surface area contributed by atoms with Gasteiger partial charge in [0.25, 0.3) is 0 Å². The average molecular weight is 536 g/mol. The molecule has 8 nitrogen and oxygen atoms in total. The number of rotatable bonds is 8. The number of hydrogen-bond donors (Lipinski definition) is 4. The number of guanidine groups is 1. The summed E-state index contributed by atoms with van der Waals surface area (Å²) in [5.41, 5.74) is -0.338. The van der Waals surface area contributed by atoms with Crippen molar-refractivity contribution in [2.24, 2.45) is 4.99 Å². The number of hydrogen-bond acceptors (Lipinski definition) is 5. The Labute approximate surface area is 197 Å². The van der Waals surface area contributed by atoms with Crippen molar-refractivity contribution in [3.8, 4) is 11.5 Å². The molecule has 0 aliphatic carbocycles. The second-order valence-electron chi connectivity index (χ2n) is 7.89. The van der Waals surface area contributed by atoms with Gasteiger partial charge in [0.1, 0.15) is 17.1 Å². The van der Waals surface area contributed by atoms with Gasteiger partial charge in [0.05, 0.1) is 12.6 Å². The van der Waals surface area contributed by atoms with Crippen molar-refractivity contribution in [2.45, 2.75) is 65.1 Å². The van der Waals surface area contributed by atoms with Crippen LogP contribution in [0.4, 0.5) is 4.79 Å². The van der Waals surface area contributed by atoms with Gasteiger partial charge in [0.2, 0.25) is 0 Å². The number of alkyl carbamates (subject to hydrolysis) is 1. The van der Waals surface area contributed by atoms with Gasteiger partial charge >= 0.3 is 6.09 Å². The van der Waals surface area contributed by atoms with Gasteiger partial charge in [-0.2, -0.15) is 0 Å². The summed E-state index contributed by atoms with van der Waals surface area (Å²) in [4.78, 5) is 16.5. The molecule has 172 valence electrons. The summed E-state index contributed by atoms with van der Waals surface area (Å²) in [6.07, 6.45) is 1.01. The smallest absolute Gasteiger partial charge is 0.408 e. The number of nitrogens with one attached hydrogen (secondary N) is 3. The number of aromatic hydroxyl groups is 1. The molecule has 0 saturated carbocycles. The van der Waals surface area contributed by atoms with Crippen LogP contribution in [-0.2, 0) is 11.3 Å². The third kappa shape index (κ3) is 9.27. The van der Waals surface area contributed by atoms with E-state index in [0.717, 1.165) is 12.8 Å². The maximum absolute atomic E-state index is 12.3. The van der Waals surface area contributed by atoms with Gasteiger partial charge in [-0.15, -0.1) is 24.0 Å². The number of aliphatic imine (C=N–C) groups is 1. The maximum atomic E-state index is 12.3. The normalized spacial score (nSPS) is 11.9. The summed E-state index contributed by atoms with van der Waals surface area (Å²) in [6, 6.07) is 5.06. The van der Waals surface area contributed by atoms with Gasteiger partial charge in [0.15, 0.2) is 5.96 Å². The molecule has 9 heteroatoms. The lowest BCUT2D eigenvalue weighted by atomic mass is 9.93. The third-order valence-corrected chi connectivity index (χ3v) is 4.67. The Hall–Kier alpha value is -1.91. The molecule has 0 radical (unpaired) electrons. The molecule has 0 spiro atoms. The second kappa shape index (κ2) is 12.7. The van der Waals surface area contributed by atoms with Crippen LogP contribution >= 0.6 is 24.0 Å². The van der Waals surface area contributed by atoms with Crippen molar-refractivity contribution in [3.05, 3.63) is 23.8 Å². The van der Waals surface area contributed by atoms with E-state index in [9.17, 15) is 9.90 Å². The molecule has 0 fully saturated rings. The lowest BCUT2D eigenvalue weighted by Crippen LogP contribution is -2.57. The van der Waals surface area contributed by atoms with E-state index in [1.165, 1.54) is 0 Å². The van der Waals surface area contributed by atoms with E-state index < -0.39 is 17.2 Å². The zero-order valence-corrected chi connectivity index (χ0v) is 21.4. The summed E-state index contributed by atoms with van der Waals surface area (Å²) < 4.78 is 10.6. The first kappa shape index (κ1) is 28.1. The third-order valence-electron chi connectivity index (χ3n) is 4.67. The molecule has 0 unspecified atom stereocenters. The first-order chi connectivity index (χ1) is 13.6. The molecule has 4 N–H and O–H groups in total. The molecule has 1 aromatic rings. The van der Waals surface area contributed by atoms with Crippen LogP contribution in [0.1, 0.15) is 53.0 Å². The molecule has 1 amide bonds. The van der Waals surface area contributed by atoms with Crippen LogP contribution in [0.15, 0.2) is 23.2 Å². The maximum Gasteiger partial charge on any atom is 0.408 e. The fourth-order valence-corrected chi connectivity index (χ4v) is 2.72. The van der Waals surface area contributed by atoms with Crippen molar-refractivity contribution in [2.75, 3.05) is 20.7 Å². The fraction of sp³-hybridized carbons (Fsp3) is 0.619. The van der Waals surface area contributed by atoms with Crippen LogP contribution in [0.25, 0.3) is 0 Å². The number of benzene rings is 1. The average Bonchev–Trinajstić information content (AvgIpc) is 2.66. The summed E-state index contributed by atoms with van der Waals surface area (Å²) in [5, 5.41) is 19.5. The number of carbonyl (C=O) groups excluding carboxylic acids is 1. The highest BCUT2D eigenvalue weighted by molar-refractivity contribution is 14.0. The standard InChI is InChI=1S/C21H36N4O4.HI/c1-8-21(9-2,25-19(27)29-20(3,4)5)14-24-18(22-6)23-13-15-12-16(28-7)10-11-17(15)26;/h10-12,26H,8-9,13-14H2,1-7H3,(H,25,27)(H2,22,23,24);1H. The molecular weight excluding hydrogens is 499 g/mol. The fourth-order valence-electron chi connectivity index (χ4n) is 2.72. The number of halogens is 1. The Morgan fingerprint density at radius 3 is 2.30 bits per heavy atom. The molecule has 0 bridgehead atoms. The Morgan fingerprint density at radius 2 is 1.80 bits per heavy atom. The van der Waals surface area contributed by atoms with Gasteiger partial charge in [-0.05, 0) is 51.8 Å². The van der Waals surface area contributed by atoms with Crippen LogP contribution < -0.4 is 20.7 Å². The van der Waals surface area contributed by atoms with Gasteiger partial charge in [0, 0.05) is 25.7 Å². The van der Waals surface area contributed by atoms with Crippen LogP contribution in [0.5, 0.6) is 11.5 Å². The second-order valence-corrected chi connectivity index (χ2v) is 7.89. The van der Waals surface area contributed by atoms with Crippen LogP contribution in [0.2, 0.25) is 0 Å². The number of phenolic OH excluding ortho intramolecular Hbond substituents is 1. The van der Waals surface area contributed by atoms with Gasteiger partial charge < -0.3 is 30.5 Å². The van der Waals surface area contributed by atoms with Crippen molar-refractivity contribution < 1.29 is 19.4 Å². The molecular formula is C21H37IN4O4. The summed E-state index contributed by atoms with van der Waals surface area (Å²) >= 11 is 0. The topological polar surface area (TPSA) is 104 Å². The quantitative estimate of drug-likeness (QED) is 0.229. The molecule has 0 atom stereocenters. The van der Waals surface area contributed by atoms with Gasteiger partial charge in [-0.3, -0.25) is 4.99 Å².